The zero-order valence-corrected chi connectivity index (χ0v) is 19.4. The Hall–Kier alpha value is -2.68. The van der Waals surface area contributed by atoms with Crippen molar-refractivity contribution < 1.29 is 9.59 Å². The van der Waals surface area contributed by atoms with Crippen LogP contribution in [0.3, 0.4) is 0 Å². The monoisotopic (exact) mass is 495 g/mol. The molecule has 1 aromatic heterocycles. The lowest BCUT2D eigenvalue weighted by atomic mass is 10.0. The summed E-state index contributed by atoms with van der Waals surface area (Å²) in [6.45, 7) is 5.71. The molecule has 2 aromatic carbocycles. The number of para-hydroxylation sites is 1. The van der Waals surface area contributed by atoms with E-state index in [1.807, 2.05) is 42.5 Å². The molecule has 0 unspecified atom stereocenters. The van der Waals surface area contributed by atoms with Crippen LogP contribution in [0.4, 0.5) is 5.69 Å². The standard InChI is InChI=1S/C24H26BrN5O2/c25-16-5-6-21-18(13-16)19-14-22(31)28-20-4-2-1-3-17(20)24(19)30(21)15-23(32)27-9-12-29-10-7-26-8-11-29/h1-6,13,26H,7-12,14-15H2,(H,27,32)(H,28,31). The van der Waals surface area contributed by atoms with Crippen molar-refractivity contribution in [3.8, 4) is 11.3 Å². The average Bonchev–Trinajstić information content (AvgIpc) is 2.97. The summed E-state index contributed by atoms with van der Waals surface area (Å²) in [5.41, 5.74) is 4.56. The molecule has 0 bridgehead atoms. The van der Waals surface area contributed by atoms with Gasteiger partial charge in [-0.05, 0) is 29.8 Å². The quantitative estimate of drug-likeness (QED) is 0.508. The molecule has 7 nitrogen and oxygen atoms in total. The first kappa shape index (κ1) is 21.2. The van der Waals surface area contributed by atoms with Gasteiger partial charge in [0, 0.05) is 60.2 Å². The van der Waals surface area contributed by atoms with E-state index in [1.54, 1.807) is 0 Å². The van der Waals surface area contributed by atoms with Crippen LogP contribution in [0, 0.1) is 0 Å². The number of benzene rings is 2. The Bertz CT molecular complexity index is 1180. The predicted molar refractivity (Wildman–Crippen MR) is 130 cm³/mol. The van der Waals surface area contributed by atoms with Gasteiger partial charge in [-0.25, -0.2) is 0 Å². The number of rotatable bonds is 5. The lowest BCUT2D eigenvalue weighted by Gasteiger charge is -2.27. The maximum Gasteiger partial charge on any atom is 0.240 e. The molecule has 166 valence electrons. The van der Waals surface area contributed by atoms with Gasteiger partial charge in [0.25, 0.3) is 0 Å². The van der Waals surface area contributed by atoms with Crippen molar-refractivity contribution in [1.82, 2.24) is 20.1 Å². The van der Waals surface area contributed by atoms with E-state index in [0.29, 0.717) is 6.54 Å². The van der Waals surface area contributed by atoms with Crippen molar-refractivity contribution in [3.63, 3.8) is 0 Å². The van der Waals surface area contributed by atoms with Gasteiger partial charge in [0.1, 0.15) is 6.54 Å². The summed E-state index contributed by atoms with van der Waals surface area (Å²) in [4.78, 5) is 28.0. The number of hydrogen-bond donors (Lipinski definition) is 3. The van der Waals surface area contributed by atoms with Crippen LogP contribution >= 0.6 is 15.9 Å². The van der Waals surface area contributed by atoms with Crippen LogP contribution in [-0.4, -0.2) is 60.5 Å². The second kappa shape index (κ2) is 9.05. The lowest BCUT2D eigenvalue weighted by molar-refractivity contribution is -0.121. The van der Waals surface area contributed by atoms with E-state index in [0.717, 1.165) is 70.6 Å². The molecule has 0 spiro atoms. The van der Waals surface area contributed by atoms with Gasteiger partial charge in [0.05, 0.1) is 17.8 Å². The fraction of sp³-hybridized carbons (Fsp3) is 0.333. The SMILES string of the molecule is O=C(Cn1c2c(c3cc(Br)ccc31)CC(=O)Nc1ccccc1-2)NCCN1CCNCC1. The minimum Gasteiger partial charge on any atom is -0.353 e. The summed E-state index contributed by atoms with van der Waals surface area (Å²) in [7, 11) is 0. The van der Waals surface area contributed by atoms with E-state index in [9.17, 15) is 9.59 Å². The number of nitrogens with one attached hydrogen (secondary N) is 3. The highest BCUT2D eigenvalue weighted by atomic mass is 79.9. The number of fused-ring (bicyclic) bond motifs is 5. The number of piperazine rings is 1. The van der Waals surface area contributed by atoms with Crippen molar-refractivity contribution in [3.05, 3.63) is 52.5 Å². The normalized spacial score (nSPS) is 16.2. The molecule has 0 saturated carbocycles. The average molecular weight is 496 g/mol. The highest BCUT2D eigenvalue weighted by Gasteiger charge is 2.26. The first-order chi connectivity index (χ1) is 15.6. The largest absolute Gasteiger partial charge is 0.353 e. The second-order valence-electron chi connectivity index (χ2n) is 8.29. The van der Waals surface area contributed by atoms with Crippen LogP contribution in [0.2, 0.25) is 0 Å². The van der Waals surface area contributed by atoms with Gasteiger partial charge in [-0.3, -0.25) is 14.5 Å². The summed E-state index contributed by atoms with van der Waals surface area (Å²) >= 11 is 3.56. The van der Waals surface area contributed by atoms with Gasteiger partial charge in [-0.1, -0.05) is 34.1 Å². The Morgan fingerprint density at radius 3 is 2.78 bits per heavy atom. The van der Waals surface area contributed by atoms with Crippen LogP contribution in [0.15, 0.2) is 46.9 Å². The molecule has 0 aliphatic carbocycles. The minimum absolute atomic E-state index is 0.0243. The molecular weight excluding hydrogens is 470 g/mol. The molecule has 0 atom stereocenters. The van der Waals surface area contributed by atoms with Crippen LogP contribution in [-0.2, 0) is 22.6 Å². The summed E-state index contributed by atoms with van der Waals surface area (Å²) in [6.07, 6.45) is 0.272. The smallest absolute Gasteiger partial charge is 0.240 e. The predicted octanol–water partition coefficient (Wildman–Crippen LogP) is 2.59. The fourth-order valence-electron chi connectivity index (χ4n) is 4.69. The van der Waals surface area contributed by atoms with Crippen molar-refractivity contribution in [2.45, 2.75) is 13.0 Å². The highest BCUT2D eigenvalue weighted by molar-refractivity contribution is 9.10. The van der Waals surface area contributed by atoms with Gasteiger partial charge in [0.2, 0.25) is 11.8 Å². The van der Waals surface area contributed by atoms with E-state index in [4.69, 9.17) is 0 Å². The maximum absolute atomic E-state index is 13.0. The molecule has 3 N–H and O–H groups in total. The van der Waals surface area contributed by atoms with Crippen LogP contribution in [0.1, 0.15) is 5.56 Å². The Kier molecular flexibility index (Phi) is 5.99. The molecule has 32 heavy (non-hydrogen) atoms. The number of nitrogens with zero attached hydrogens (tertiary/aromatic N) is 2. The molecule has 1 fully saturated rings. The van der Waals surface area contributed by atoms with Crippen molar-refractivity contribution >= 4 is 44.3 Å². The van der Waals surface area contributed by atoms with E-state index in [1.165, 1.54) is 0 Å². The highest BCUT2D eigenvalue weighted by Crippen LogP contribution is 2.40. The number of aromatic nitrogens is 1. The van der Waals surface area contributed by atoms with Crippen LogP contribution in [0.25, 0.3) is 22.2 Å². The van der Waals surface area contributed by atoms with Gasteiger partial charge in [0.15, 0.2) is 0 Å². The van der Waals surface area contributed by atoms with E-state index in [-0.39, 0.29) is 24.8 Å². The molecule has 8 heteroatoms. The molecule has 0 radical (unpaired) electrons. The third-order valence-electron chi connectivity index (χ3n) is 6.19. The summed E-state index contributed by atoms with van der Waals surface area (Å²) in [5.74, 6) is -0.0699. The Labute approximate surface area is 195 Å². The Morgan fingerprint density at radius 1 is 1.12 bits per heavy atom. The number of carbonyl (C=O) groups is 2. The Morgan fingerprint density at radius 2 is 1.94 bits per heavy atom. The summed E-state index contributed by atoms with van der Waals surface area (Å²) in [6, 6.07) is 13.8. The van der Waals surface area contributed by atoms with E-state index >= 15 is 0 Å². The molecule has 3 aromatic rings. The zero-order chi connectivity index (χ0) is 22.1. The van der Waals surface area contributed by atoms with Gasteiger partial charge < -0.3 is 20.5 Å². The first-order valence-corrected chi connectivity index (χ1v) is 11.8. The summed E-state index contributed by atoms with van der Waals surface area (Å²) in [5, 5.41) is 10.4. The lowest BCUT2D eigenvalue weighted by Crippen LogP contribution is -2.46. The van der Waals surface area contributed by atoms with Gasteiger partial charge in [-0.15, -0.1) is 0 Å². The number of halogens is 1. The zero-order valence-electron chi connectivity index (χ0n) is 17.8. The number of amides is 2. The number of anilines is 1. The van der Waals surface area contributed by atoms with E-state index < -0.39 is 0 Å². The van der Waals surface area contributed by atoms with Gasteiger partial charge >= 0.3 is 0 Å². The molecule has 2 aliphatic rings. The van der Waals surface area contributed by atoms with Crippen LogP contribution < -0.4 is 16.0 Å². The van der Waals surface area contributed by atoms with Crippen molar-refractivity contribution in [2.75, 3.05) is 44.6 Å². The molecule has 2 amide bonds. The fourth-order valence-corrected chi connectivity index (χ4v) is 5.05. The topological polar surface area (TPSA) is 78.4 Å². The maximum atomic E-state index is 13.0. The molecule has 1 saturated heterocycles. The summed E-state index contributed by atoms with van der Waals surface area (Å²) < 4.78 is 3.00. The van der Waals surface area contributed by atoms with Gasteiger partial charge in [-0.2, -0.15) is 0 Å². The number of hydrogen-bond acceptors (Lipinski definition) is 4. The molecule has 5 rings (SSSR count). The van der Waals surface area contributed by atoms with Crippen LogP contribution in [0.5, 0.6) is 0 Å². The van der Waals surface area contributed by atoms with Crippen molar-refractivity contribution in [1.29, 1.82) is 0 Å². The third kappa shape index (κ3) is 4.18. The van der Waals surface area contributed by atoms with Crippen molar-refractivity contribution in [2.24, 2.45) is 0 Å². The molecule has 2 aliphatic heterocycles. The number of carbonyl (C=O) groups excluding carboxylic acids is 2. The first-order valence-electron chi connectivity index (χ1n) is 11.0. The Balaban J connectivity index is 1.47. The molecular formula is C24H26BrN5O2. The van der Waals surface area contributed by atoms with E-state index in [2.05, 4.69) is 41.3 Å². The molecule has 3 heterocycles. The minimum atomic E-state index is -0.0456. The second-order valence-corrected chi connectivity index (χ2v) is 9.20. The third-order valence-corrected chi connectivity index (χ3v) is 6.68.